The number of piperazine rings is 1. The topological polar surface area (TPSA) is 41.3 Å². The van der Waals surface area contributed by atoms with Crippen molar-refractivity contribution in [3.63, 3.8) is 0 Å². The van der Waals surface area contributed by atoms with E-state index in [1.807, 2.05) is 33.8 Å². The van der Waals surface area contributed by atoms with E-state index in [9.17, 15) is 0 Å². The zero-order valence-corrected chi connectivity index (χ0v) is 14.5. The van der Waals surface area contributed by atoms with Gasteiger partial charge in [0.2, 0.25) is 0 Å². The van der Waals surface area contributed by atoms with Crippen LogP contribution < -0.4 is 5.32 Å². The molecule has 1 saturated heterocycles. The Kier molecular flexibility index (Phi) is 14.9. The Morgan fingerprint density at radius 2 is 1.71 bits per heavy atom. The van der Waals surface area contributed by atoms with Gasteiger partial charge in [-0.3, -0.25) is 0 Å². The maximum atomic E-state index is 4.81. The first-order valence-electron chi connectivity index (χ1n) is 8.77. The number of nitrogens with one attached hydrogen (secondary N) is 1. The van der Waals surface area contributed by atoms with Crippen LogP contribution in [-0.2, 0) is 6.42 Å². The average Bonchev–Trinajstić information content (AvgIpc) is 3.09. The van der Waals surface area contributed by atoms with Gasteiger partial charge in [-0.15, -0.1) is 0 Å². The van der Waals surface area contributed by atoms with Gasteiger partial charge in [0.1, 0.15) is 6.26 Å². The first kappa shape index (κ1) is 20.1. The maximum absolute atomic E-state index is 4.81. The normalized spacial score (nSPS) is 14.7. The van der Waals surface area contributed by atoms with Crippen LogP contribution in [0.2, 0.25) is 0 Å². The van der Waals surface area contributed by atoms with Crippen LogP contribution in [0.1, 0.15) is 59.1 Å². The molecule has 1 aromatic rings. The van der Waals surface area contributed by atoms with Crippen LogP contribution in [-0.4, -0.2) is 42.8 Å². The Balaban J connectivity index is 0.000000921. The van der Waals surface area contributed by atoms with Crippen molar-refractivity contribution in [3.05, 3.63) is 18.0 Å². The predicted octanol–water partition coefficient (Wildman–Crippen LogP) is 3.74. The zero-order valence-electron chi connectivity index (χ0n) is 14.5. The lowest BCUT2D eigenvalue weighted by atomic mass is 10.1. The van der Waals surface area contributed by atoms with E-state index in [0.717, 1.165) is 25.2 Å². The second kappa shape index (κ2) is 15.5. The van der Waals surface area contributed by atoms with Crippen molar-refractivity contribution in [2.45, 2.75) is 59.8 Å². The van der Waals surface area contributed by atoms with Crippen LogP contribution in [0, 0.1) is 0 Å². The van der Waals surface area contributed by atoms with Gasteiger partial charge in [-0.2, -0.15) is 0 Å². The Hall–Kier alpha value is -0.870. The molecule has 0 radical (unpaired) electrons. The molecule has 4 nitrogen and oxygen atoms in total. The third kappa shape index (κ3) is 10.5. The summed E-state index contributed by atoms with van der Waals surface area (Å²) in [6.07, 6.45) is 7.91. The molecule has 1 aromatic heterocycles. The second-order valence-electron chi connectivity index (χ2n) is 4.75. The van der Waals surface area contributed by atoms with E-state index in [-0.39, 0.29) is 0 Å². The first-order chi connectivity index (χ1) is 10.4. The molecule has 4 heteroatoms. The monoisotopic (exact) mass is 297 g/mol. The Labute approximate surface area is 131 Å². The van der Waals surface area contributed by atoms with Crippen molar-refractivity contribution in [2.75, 3.05) is 32.7 Å². The molecular formula is C17H35N3O. The smallest absolute Gasteiger partial charge is 0.124 e. The van der Waals surface area contributed by atoms with Gasteiger partial charge in [0, 0.05) is 32.2 Å². The van der Waals surface area contributed by atoms with E-state index in [2.05, 4.69) is 15.4 Å². The lowest BCUT2D eigenvalue weighted by Gasteiger charge is -2.26. The van der Waals surface area contributed by atoms with Crippen molar-refractivity contribution >= 4 is 0 Å². The summed E-state index contributed by atoms with van der Waals surface area (Å²) >= 11 is 0. The molecule has 0 atom stereocenters. The van der Waals surface area contributed by atoms with Crippen LogP contribution in [0.3, 0.4) is 0 Å². The molecule has 1 N–H and O–H groups in total. The van der Waals surface area contributed by atoms with Crippen molar-refractivity contribution < 1.29 is 4.52 Å². The van der Waals surface area contributed by atoms with Gasteiger partial charge in [-0.1, -0.05) is 45.7 Å². The van der Waals surface area contributed by atoms with Gasteiger partial charge in [0.05, 0.1) is 5.69 Å². The van der Waals surface area contributed by atoms with E-state index in [1.165, 1.54) is 45.3 Å². The summed E-state index contributed by atoms with van der Waals surface area (Å²) in [6.45, 7) is 14.0. The van der Waals surface area contributed by atoms with E-state index >= 15 is 0 Å². The minimum atomic E-state index is 1.06. The lowest BCUT2D eigenvalue weighted by Crippen LogP contribution is -2.43. The number of hydrogen-bond donors (Lipinski definition) is 1. The third-order valence-electron chi connectivity index (χ3n) is 3.36. The summed E-state index contributed by atoms with van der Waals surface area (Å²) in [7, 11) is 0. The molecule has 2 rings (SSSR count). The number of aromatic nitrogens is 1. The third-order valence-corrected chi connectivity index (χ3v) is 3.36. The fourth-order valence-corrected chi connectivity index (χ4v) is 2.30. The van der Waals surface area contributed by atoms with Crippen LogP contribution in [0.5, 0.6) is 0 Å². The maximum Gasteiger partial charge on any atom is 0.124 e. The molecule has 1 aliphatic rings. The summed E-state index contributed by atoms with van der Waals surface area (Å²) < 4.78 is 4.81. The molecule has 0 spiro atoms. The molecule has 124 valence electrons. The highest BCUT2D eigenvalue weighted by Crippen LogP contribution is 2.07. The van der Waals surface area contributed by atoms with Gasteiger partial charge in [-0.25, -0.2) is 0 Å². The van der Waals surface area contributed by atoms with E-state index in [1.54, 1.807) is 6.26 Å². The van der Waals surface area contributed by atoms with Gasteiger partial charge in [0.25, 0.3) is 0 Å². The van der Waals surface area contributed by atoms with Gasteiger partial charge < -0.3 is 14.7 Å². The Bertz CT molecular complexity index is 282. The van der Waals surface area contributed by atoms with E-state index in [0.29, 0.717) is 0 Å². The summed E-state index contributed by atoms with van der Waals surface area (Å²) in [5.41, 5.74) is 1.09. The molecular weight excluding hydrogens is 262 g/mol. The fraction of sp³-hybridized carbons (Fsp3) is 0.824. The predicted molar refractivity (Wildman–Crippen MR) is 90.7 cm³/mol. The fourth-order valence-electron chi connectivity index (χ4n) is 2.30. The Morgan fingerprint density at radius 3 is 2.33 bits per heavy atom. The highest BCUT2D eigenvalue weighted by Gasteiger charge is 2.07. The number of aryl methyl sites for hydroxylation is 1. The number of unbranched alkanes of at least 4 members (excludes halogenated alkanes) is 3. The lowest BCUT2D eigenvalue weighted by molar-refractivity contribution is 0.236. The molecule has 1 fully saturated rings. The highest BCUT2D eigenvalue weighted by atomic mass is 16.5. The van der Waals surface area contributed by atoms with Crippen molar-refractivity contribution in [3.8, 4) is 0 Å². The molecule has 2 heterocycles. The van der Waals surface area contributed by atoms with Crippen molar-refractivity contribution in [1.82, 2.24) is 15.4 Å². The number of hydrogen-bond acceptors (Lipinski definition) is 4. The van der Waals surface area contributed by atoms with Crippen LogP contribution in [0.4, 0.5) is 0 Å². The summed E-state index contributed by atoms with van der Waals surface area (Å²) in [5.74, 6) is 0. The average molecular weight is 297 g/mol. The molecule has 0 aromatic carbocycles. The SMILES string of the molecule is CC.CC.c1cc(CCCCCCN2CCNCC2)no1. The molecule has 0 saturated carbocycles. The van der Waals surface area contributed by atoms with Gasteiger partial charge in [0.15, 0.2) is 0 Å². The van der Waals surface area contributed by atoms with Crippen LogP contribution in [0.25, 0.3) is 0 Å². The minimum Gasteiger partial charge on any atom is -0.365 e. The molecule has 21 heavy (non-hydrogen) atoms. The zero-order chi connectivity index (χ0) is 15.8. The van der Waals surface area contributed by atoms with Gasteiger partial charge in [-0.05, 0) is 25.8 Å². The van der Waals surface area contributed by atoms with Crippen LogP contribution >= 0.6 is 0 Å². The number of rotatable bonds is 7. The van der Waals surface area contributed by atoms with E-state index in [4.69, 9.17) is 4.52 Å². The number of nitrogens with zero attached hydrogens (tertiary/aromatic N) is 2. The second-order valence-corrected chi connectivity index (χ2v) is 4.75. The summed E-state index contributed by atoms with van der Waals surface area (Å²) in [5, 5.41) is 7.30. The quantitative estimate of drug-likeness (QED) is 0.779. The van der Waals surface area contributed by atoms with Crippen LogP contribution in [0.15, 0.2) is 16.9 Å². The summed E-state index contributed by atoms with van der Waals surface area (Å²) in [6, 6.07) is 1.96. The van der Waals surface area contributed by atoms with Crippen molar-refractivity contribution in [2.24, 2.45) is 0 Å². The van der Waals surface area contributed by atoms with E-state index < -0.39 is 0 Å². The van der Waals surface area contributed by atoms with Crippen molar-refractivity contribution in [1.29, 1.82) is 0 Å². The molecule has 0 amide bonds. The molecule has 1 aliphatic heterocycles. The Morgan fingerprint density at radius 1 is 1.05 bits per heavy atom. The first-order valence-corrected chi connectivity index (χ1v) is 8.77. The molecule has 0 unspecified atom stereocenters. The highest BCUT2D eigenvalue weighted by molar-refractivity contribution is 4.94. The molecule has 0 bridgehead atoms. The molecule has 0 aliphatic carbocycles. The standard InChI is InChI=1S/C13H23N3O.2C2H6/c1(3-5-13-6-12-17-15-13)2-4-9-16-10-7-14-8-11-16;2*1-2/h6,12,14H,1-5,7-11H2;2*1-2H3. The summed E-state index contributed by atoms with van der Waals surface area (Å²) in [4.78, 5) is 2.56. The minimum absolute atomic E-state index is 1.06. The van der Waals surface area contributed by atoms with Gasteiger partial charge >= 0.3 is 0 Å². The largest absolute Gasteiger partial charge is 0.365 e.